The lowest BCUT2D eigenvalue weighted by Gasteiger charge is -2.38. The number of allylic oxidation sites excluding steroid dienone is 4. The highest BCUT2D eigenvalue weighted by Crippen LogP contribution is 2.64. The van der Waals surface area contributed by atoms with Crippen molar-refractivity contribution in [3.63, 3.8) is 0 Å². The third-order valence-electron chi connectivity index (χ3n) is 9.07. The van der Waals surface area contributed by atoms with E-state index in [1.165, 1.54) is 76.6 Å². The average Bonchev–Trinajstić information content (AvgIpc) is 3.31. The Balaban J connectivity index is 1.59. The highest BCUT2D eigenvalue weighted by Gasteiger charge is 2.53. The molecule has 3 aromatic carbocycles. The van der Waals surface area contributed by atoms with Gasteiger partial charge < -0.3 is 5.73 Å². The number of anilines is 1. The van der Waals surface area contributed by atoms with Crippen LogP contribution in [0, 0.1) is 0 Å². The monoisotopic (exact) mass is 429 g/mol. The first-order valence-corrected chi connectivity index (χ1v) is 12.7. The third kappa shape index (κ3) is 2.38. The maximum atomic E-state index is 6.86. The smallest absolute Gasteiger partial charge is 0.0688 e. The van der Waals surface area contributed by atoms with E-state index in [2.05, 4.69) is 79.7 Å². The number of rotatable bonds is 1. The number of benzene rings is 3. The molecule has 0 radical (unpaired) electrons. The standard InChI is InChI=1S/C32H31N/c1-31(17-9-2-10-18-31)29-20-28-24(19-30(29)33)23-13-5-8-16-27(23)32(28)25-14-6-3-11-21(25)22-12-4-7-15-26(22)32/h3-6,8,11-14,16,19-20H,2,7,9-10,15,17-18,33H2,1H3. The van der Waals surface area contributed by atoms with Crippen molar-refractivity contribution in [1.29, 1.82) is 0 Å². The fourth-order valence-electron chi connectivity index (χ4n) is 7.59. The molecule has 4 aliphatic carbocycles. The summed E-state index contributed by atoms with van der Waals surface area (Å²) < 4.78 is 0. The fourth-order valence-corrected chi connectivity index (χ4v) is 7.59. The minimum absolute atomic E-state index is 0.176. The Bertz CT molecular complexity index is 1370. The van der Waals surface area contributed by atoms with Gasteiger partial charge in [0.1, 0.15) is 0 Å². The minimum Gasteiger partial charge on any atom is -0.398 e. The van der Waals surface area contributed by atoms with E-state index in [0.717, 1.165) is 18.5 Å². The predicted molar refractivity (Wildman–Crippen MR) is 138 cm³/mol. The molecule has 0 aromatic heterocycles. The van der Waals surface area contributed by atoms with E-state index >= 15 is 0 Å². The highest BCUT2D eigenvalue weighted by atomic mass is 14.6. The summed E-state index contributed by atoms with van der Waals surface area (Å²) in [6.07, 6.45) is 13.4. The molecule has 7 rings (SSSR count). The molecular weight excluding hydrogens is 398 g/mol. The van der Waals surface area contributed by atoms with Crippen molar-refractivity contribution in [2.24, 2.45) is 0 Å². The molecule has 1 spiro atoms. The molecule has 0 heterocycles. The van der Waals surface area contributed by atoms with E-state index in [0.29, 0.717) is 0 Å². The molecule has 1 saturated carbocycles. The Morgan fingerprint density at radius 1 is 0.727 bits per heavy atom. The number of hydrogen-bond acceptors (Lipinski definition) is 1. The van der Waals surface area contributed by atoms with E-state index in [1.54, 1.807) is 5.57 Å². The molecule has 1 unspecified atom stereocenters. The largest absolute Gasteiger partial charge is 0.398 e. The van der Waals surface area contributed by atoms with Gasteiger partial charge >= 0.3 is 0 Å². The van der Waals surface area contributed by atoms with Crippen molar-refractivity contribution < 1.29 is 0 Å². The van der Waals surface area contributed by atoms with Crippen LogP contribution in [-0.2, 0) is 10.8 Å². The van der Waals surface area contributed by atoms with Crippen LogP contribution in [0.25, 0.3) is 16.7 Å². The van der Waals surface area contributed by atoms with Gasteiger partial charge in [0, 0.05) is 5.69 Å². The van der Waals surface area contributed by atoms with Gasteiger partial charge in [-0.2, -0.15) is 0 Å². The maximum absolute atomic E-state index is 6.86. The summed E-state index contributed by atoms with van der Waals surface area (Å²) in [5.74, 6) is 0. The second-order valence-corrected chi connectivity index (χ2v) is 10.8. The van der Waals surface area contributed by atoms with Crippen molar-refractivity contribution in [1.82, 2.24) is 0 Å². The van der Waals surface area contributed by atoms with Gasteiger partial charge in [-0.15, -0.1) is 0 Å². The lowest BCUT2D eigenvalue weighted by Crippen LogP contribution is -2.30. The van der Waals surface area contributed by atoms with E-state index in [-0.39, 0.29) is 10.8 Å². The molecule has 1 nitrogen and oxygen atoms in total. The molecule has 0 saturated heterocycles. The fraction of sp³-hybridized carbons (Fsp3) is 0.312. The summed E-state index contributed by atoms with van der Waals surface area (Å²) in [7, 11) is 0. The van der Waals surface area contributed by atoms with Crippen LogP contribution in [0.5, 0.6) is 0 Å². The lowest BCUT2D eigenvalue weighted by atomic mass is 9.65. The lowest BCUT2D eigenvalue weighted by molar-refractivity contribution is 0.320. The summed E-state index contributed by atoms with van der Waals surface area (Å²) in [5.41, 5.74) is 20.7. The van der Waals surface area contributed by atoms with Gasteiger partial charge in [-0.05, 0) is 87.3 Å². The second kappa shape index (κ2) is 6.73. The van der Waals surface area contributed by atoms with E-state index in [9.17, 15) is 0 Å². The maximum Gasteiger partial charge on any atom is 0.0688 e. The summed E-state index contributed by atoms with van der Waals surface area (Å²) in [6.45, 7) is 2.45. The van der Waals surface area contributed by atoms with Gasteiger partial charge in [-0.3, -0.25) is 0 Å². The Morgan fingerprint density at radius 3 is 2.21 bits per heavy atom. The van der Waals surface area contributed by atoms with Crippen LogP contribution in [0.3, 0.4) is 0 Å². The van der Waals surface area contributed by atoms with Gasteiger partial charge in [0.25, 0.3) is 0 Å². The first kappa shape index (κ1) is 19.4. The molecule has 33 heavy (non-hydrogen) atoms. The molecule has 1 heteroatoms. The van der Waals surface area contributed by atoms with Crippen LogP contribution in [0.2, 0.25) is 0 Å². The summed E-state index contributed by atoms with van der Waals surface area (Å²) in [4.78, 5) is 0. The van der Waals surface area contributed by atoms with Crippen LogP contribution in [0.1, 0.15) is 79.7 Å². The molecule has 4 aliphatic rings. The highest BCUT2D eigenvalue weighted by molar-refractivity contribution is 5.97. The Morgan fingerprint density at radius 2 is 1.42 bits per heavy atom. The van der Waals surface area contributed by atoms with Crippen molar-refractivity contribution >= 4 is 11.3 Å². The van der Waals surface area contributed by atoms with Crippen LogP contribution < -0.4 is 5.73 Å². The van der Waals surface area contributed by atoms with Gasteiger partial charge in [0.15, 0.2) is 0 Å². The first-order valence-electron chi connectivity index (χ1n) is 12.7. The summed E-state index contributed by atoms with van der Waals surface area (Å²) in [6, 6.07) is 23.1. The molecule has 0 bridgehead atoms. The van der Waals surface area contributed by atoms with Crippen LogP contribution in [-0.4, -0.2) is 0 Å². The van der Waals surface area contributed by atoms with Gasteiger partial charge in [-0.1, -0.05) is 92.9 Å². The minimum atomic E-state index is -0.184. The Labute approximate surface area is 197 Å². The molecule has 3 aromatic rings. The second-order valence-electron chi connectivity index (χ2n) is 10.8. The van der Waals surface area contributed by atoms with E-state index in [4.69, 9.17) is 5.73 Å². The first-order chi connectivity index (χ1) is 16.1. The van der Waals surface area contributed by atoms with Crippen molar-refractivity contribution in [2.45, 2.75) is 62.7 Å². The SMILES string of the molecule is CC1(c2cc3c(cc2N)-c2ccccc2C32C3=C(C=CCC3)c3ccccc32)CCCCC1. The number of nitrogen functional groups attached to an aromatic ring is 1. The molecule has 0 amide bonds. The van der Waals surface area contributed by atoms with Gasteiger partial charge in [0.2, 0.25) is 0 Å². The average molecular weight is 430 g/mol. The zero-order chi connectivity index (χ0) is 22.2. The molecule has 1 fully saturated rings. The normalized spacial score (nSPS) is 23.9. The number of nitrogens with two attached hydrogens (primary N) is 1. The molecule has 1 atom stereocenters. The quantitative estimate of drug-likeness (QED) is 0.391. The molecule has 0 aliphatic heterocycles. The van der Waals surface area contributed by atoms with Gasteiger partial charge in [0.05, 0.1) is 5.41 Å². The summed E-state index contributed by atoms with van der Waals surface area (Å²) >= 11 is 0. The summed E-state index contributed by atoms with van der Waals surface area (Å²) in [5, 5.41) is 0. The Kier molecular flexibility index (Phi) is 3.96. The number of fused-ring (bicyclic) bond motifs is 9. The van der Waals surface area contributed by atoms with E-state index in [1.807, 2.05) is 0 Å². The zero-order valence-corrected chi connectivity index (χ0v) is 19.5. The topological polar surface area (TPSA) is 26.0 Å². The number of hydrogen-bond donors (Lipinski definition) is 1. The molecule has 2 N–H and O–H groups in total. The molecule has 164 valence electrons. The third-order valence-corrected chi connectivity index (χ3v) is 9.07. The van der Waals surface area contributed by atoms with Crippen molar-refractivity contribution in [3.8, 4) is 11.1 Å². The van der Waals surface area contributed by atoms with Crippen LogP contribution in [0.15, 0.2) is 78.4 Å². The zero-order valence-electron chi connectivity index (χ0n) is 19.5. The molecular formula is C32H31N. The predicted octanol–water partition coefficient (Wildman–Crippen LogP) is 7.92. The van der Waals surface area contributed by atoms with Crippen molar-refractivity contribution in [2.75, 3.05) is 5.73 Å². The van der Waals surface area contributed by atoms with Crippen molar-refractivity contribution in [3.05, 3.63) is 106 Å². The van der Waals surface area contributed by atoms with Crippen LogP contribution in [0.4, 0.5) is 5.69 Å². The van der Waals surface area contributed by atoms with Gasteiger partial charge in [-0.25, -0.2) is 0 Å². The Hall–Kier alpha value is -3.06. The van der Waals surface area contributed by atoms with Crippen LogP contribution >= 0.6 is 0 Å². The van der Waals surface area contributed by atoms with E-state index < -0.39 is 0 Å².